The van der Waals surface area contributed by atoms with Gasteiger partial charge in [0.1, 0.15) is 6.04 Å². The number of carbonyl (C=O) groups excluding carboxylic acids is 1. The Bertz CT molecular complexity index is 362. The van der Waals surface area contributed by atoms with Crippen LogP contribution in [0.15, 0.2) is 11.6 Å². The lowest BCUT2D eigenvalue weighted by molar-refractivity contribution is -0.142. The maximum atomic E-state index is 11.7. The Morgan fingerprint density at radius 3 is 2.37 bits per heavy atom. The maximum Gasteiger partial charge on any atom is 0.326 e. The van der Waals surface area contributed by atoms with Gasteiger partial charge in [0.15, 0.2) is 0 Å². The molecule has 0 saturated heterocycles. The molecule has 0 aliphatic rings. The first kappa shape index (κ1) is 17.2. The number of carboxylic acid groups (broad SMARTS) is 2. The van der Waals surface area contributed by atoms with Crippen molar-refractivity contribution in [2.24, 2.45) is 0 Å². The van der Waals surface area contributed by atoms with Gasteiger partial charge in [-0.2, -0.15) is 0 Å². The van der Waals surface area contributed by atoms with Crippen molar-refractivity contribution in [2.75, 3.05) is 0 Å². The predicted molar refractivity (Wildman–Crippen MR) is 69.7 cm³/mol. The molecule has 6 heteroatoms. The Hall–Kier alpha value is -1.85. The molecule has 0 aliphatic heterocycles. The molecule has 108 valence electrons. The SMILES string of the molecule is CCCC/C=C(\C)C(=O)NC(CCC(=O)O)C(=O)O. The summed E-state index contributed by atoms with van der Waals surface area (Å²) in [4.78, 5) is 33.0. The topological polar surface area (TPSA) is 104 Å². The number of carboxylic acids is 2. The Kier molecular flexibility index (Phi) is 8.24. The molecular formula is C13H21NO5. The van der Waals surface area contributed by atoms with Crippen LogP contribution in [-0.4, -0.2) is 34.1 Å². The highest BCUT2D eigenvalue weighted by molar-refractivity contribution is 5.95. The van der Waals surface area contributed by atoms with Crippen molar-refractivity contribution < 1.29 is 24.6 Å². The molecule has 3 N–H and O–H groups in total. The van der Waals surface area contributed by atoms with E-state index in [1.165, 1.54) is 0 Å². The van der Waals surface area contributed by atoms with E-state index in [-0.39, 0.29) is 12.8 Å². The van der Waals surface area contributed by atoms with Crippen LogP contribution in [0.2, 0.25) is 0 Å². The van der Waals surface area contributed by atoms with Crippen LogP contribution in [-0.2, 0) is 14.4 Å². The molecule has 1 amide bonds. The number of aliphatic carboxylic acids is 2. The highest BCUT2D eigenvalue weighted by atomic mass is 16.4. The Morgan fingerprint density at radius 1 is 1.26 bits per heavy atom. The van der Waals surface area contributed by atoms with Gasteiger partial charge in [-0.05, 0) is 19.8 Å². The molecule has 0 aliphatic carbocycles. The second-order valence-corrected chi connectivity index (χ2v) is 4.33. The summed E-state index contributed by atoms with van der Waals surface area (Å²) < 4.78 is 0. The predicted octanol–water partition coefficient (Wildman–Crippen LogP) is 1.56. The number of amides is 1. The fourth-order valence-electron chi connectivity index (χ4n) is 1.41. The minimum Gasteiger partial charge on any atom is -0.481 e. The second kappa shape index (κ2) is 9.13. The summed E-state index contributed by atoms with van der Waals surface area (Å²) in [5, 5.41) is 19.7. The normalized spacial score (nSPS) is 12.8. The van der Waals surface area contributed by atoms with Crippen molar-refractivity contribution in [2.45, 2.75) is 52.0 Å². The smallest absolute Gasteiger partial charge is 0.326 e. The van der Waals surface area contributed by atoms with Gasteiger partial charge < -0.3 is 15.5 Å². The Labute approximate surface area is 112 Å². The molecule has 0 fully saturated rings. The third-order valence-corrected chi connectivity index (χ3v) is 2.62. The van der Waals surface area contributed by atoms with Gasteiger partial charge in [-0.15, -0.1) is 0 Å². The largest absolute Gasteiger partial charge is 0.481 e. The van der Waals surface area contributed by atoms with Crippen LogP contribution in [0.1, 0.15) is 46.0 Å². The molecule has 6 nitrogen and oxygen atoms in total. The van der Waals surface area contributed by atoms with E-state index < -0.39 is 23.9 Å². The van der Waals surface area contributed by atoms with Crippen LogP contribution in [0.3, 0.4) is 0 Å². The lowest BCUT2D eigenvalue weighted by Gasteiger charge is -2.13. The molecule has 0 aromatic rings. The molecule has 1 unspecified atom stereocenters. The number of carbonyl (C=O) groups is 3. The van der Waals surface area contributed by atoms with Gasteiger partial charge in [-0.25, -0.2) is 4.79 Å². The van der Waals surface area contributed by atoms with Crippen molar-refractivity contribution >= 4 is 17.8 Å². The quantitative estimate of drug-likeness (QED) is 0.436. The standard InChI is InChI=1S/C13H21NO5/c1-3-4-5-6-9(2)12(17)14-10(13(18)19)7-8-11(15)16/h6,10H,3-5,7-8H2,1-2H3,(H,14,17)(H,15,16)(H,18,19)/b9-6+. The Balaban J connectivity index is 4.41. The van der Waals surface area contributed by atoms with Crippen molar-refractivity contribution in [3.05, 3.63) is 11.6 Å². The number of hydrogen-bond donors (Lipinski definition) is 3. The number of allylic oxidation sites excluding steroid dienone is 1. The van der Waals surface area contributed by atoms with Crippen molar-refractivity contribution in [1.29, 1.82) is 0 Å². The molecule has 1 atom stereocenters. The van der Waals surface area contributed by atoms with Gasteiger partial charge in [-0.1, -0.05) is 25.8 Å². The fourth-order valence-corrected chi connectivity index (χ4v) is 1.41. The monoisotopic (exact) mass is 271 g/mol. The number of hydrogen-bond acceptors (Lipinski definition) is 3. The summed E-state index contributed by atoms with van der Waals surface area (Å²) in [6.07, 6.45) is 4.08. The van der Waals surface area contributed by atoms with E-state index in [9.17, 15) is 14.4 Å². The third-order valence-electron chi connectivity index (χ3n) is 2.62. The zero-order chi connectivity index (χ0) is 14.8. The molecule has 0 rings (SSSR count). The minimum absolute atomic E-state index is 0.126. The van der Waals surface area contributed by atoms with Gasteiger partial charge in [-0.3, -0.25) is 9.59 Å². The van der Waals surface area contributed by atoms with E-state index >= 15 is 0 Å². The van der Waals surface area contributed by atoms with Gasteiger partial charge in [0.25, 0.3) is 0 Å². The highest BCUT2D eigenvalue weighted by Crippen LogP contribution is 2.04. The first-order chi connectivity index (χ1) is 8.88. The van der Waals surface area contributed by atoms with Crippen LogP contribution >= 0.6 is 0 Å². The summed E-state index contributed by atoms with van der Waals surface area (Å²) in [6, 6.07) is -1.17. The molecule has 0 spiro atoms. The van der Waals surface area contributed by atoms with E-state index in [0.717, 1.165) is 19.3 Å². The number of nitrogens with one attached hydrogen (secondary N) is 1. The van der Waals surface area contributed by atoms with Crippen LogP contribution in [0.25, 0.3) is 0 Å². The van der Waals surface area contributed by atoms with E-state index in [4.69, 9.17) is 10.2 Å². The molecule has 19 heavy (non-hydrogen) atoms. The van der Waals surface area contributed by atoms with Crippen molar-refractivity contribution in [1.82, 2.24) is 5.32 Å². The maximum absolute atomic E-state index is 11.7. The second-order valence-electron chi connectivity index (χ2n) is 4.33. The van der Waals surface area contributed by atoms with Crippen molar-refractivity contribution in [3.63, 3.8) is 0 Å². The molecule has 0 aromatic heterocycles. The first-order valence-corrected chi connectivity index (χ1v) is 6.30. The first-order valence-electron chi connectivity index (χ1n) is 6.30. The highest BCUT2D eigenvalue weighted by Gasteiger charge is 2.21. The van der Waals surface area contributed by atoms with Crippen LogP contribution in [0, 0.1) is 0 Å². The van der Waals surface area contributed by atoms with Gasteiger partial charge >= 0.3 is 11.9 Å². The Morgan fingerprint density at radius 2 is 1.89 bits per heavy atom. The lowest BCUT2D eigenvalue weighted by atomic mass is 10.1. The summed E-state index contributed by atoms with van der Waals surface area (Å²) in [5.74, 6) is -2.78. The summed E-state index contributed by atoms with van der Waals surface area (Å²) >= 11 is 0. The fraction of sp³-hybridized carbons (Fsp3) is 0.615. The molecule has 0 bridgehead atoms. The molecule has 0 aromatic carbocycles. The van der Waals surface area contributed by atoms with Crippen LogP contribution < -0.4 is 5.32 Å². The lowest BCUT2D eigenvalue weighted by Crippen LogP contribution is -2.41. The molecule has 0 saturated carbocycles. The minimum atomic E-state index is -1.23. The average Bonchev–Trinajstić information content (AvgIpc) is 2.33. The van der Waals surface area contributed by atoms with Gasteiger partial charge in [0.2, 0.25) is 5.91 Å². The van der Waals surface area contributed by atoms with E-state index in [1.54, 1.807) is 13.0 Å². The van der Waals surface area contributed by atoms with E-state index in [2.05, 4.69) is 5.32 Å². The number of rotatable bonds is 9. The average molecular weight is 271 g/mol. The molecule has 0 radical (unpaired) electrons. The van der Waals surface area contributed by atoms with Gasteiger partial charge in [0.05, 0.1) is 0 Å². The summed E-state index contributed by atoms with van der Waals surface area (Å²) in [7, 11) is 0. The van der Waals surface area contributed by atoms with Crippen LogP contribution in [0.5, 0.6) is 0 Å². The third kappa shape index (κ3) is 7.96. The molecule has 0 heterocycles. The van der Waals surface area contributed by atoms with Gasteiger partial charge in [0, 0.05) is 12.0 Å². The molecular weight excluding hydrogens is 250 g/mol. The summed E-state index contributed by atoms with van der Waals surface area (Å²) in [6.45, 7) is 3.65. The summed E-state index contributed by atoms with van der Waals surface area (Å²) in [5.41, 5.74) is 0.454. The van der Waals surface area contributed by atoms with Crippen molar-refractivity contribution in [3.8, 4) is 0 Å². The van der Waals surface area contributed by atoms with E-state index in [0.29, 0.717) is 5.57 Å². The van der Waals surface area contributed by atoms with Crippen LogP contribution in [0.4, 0.5) is 0 Å². The zero-order valence-electron chi connectivity index (χ0n) is 11.3. The number of unbranched alkanes of at least 4 members (excludes halogenated alkanes) is 2. The zero-order valence-corrected chi connectivity index (χ0v) is 11.3. The van der Waals surface area contributed by atoms with E-state index in [1.807, 2.05) is 6.92 Å².